The molecule has 216 valence electrons. The largest absolute Gasteiger partial charge is 0.492 e. The van der Waals surface area contributed by atoms with Crippen molar-refractivity contribution < 1.29 is 23.8 Å². The summed E-state index contributed by atoms with van der Waals surface area (Å²) >= 11 is 0. The van der Waals surface area contributed by atoms with E-state index in [1.54, 1.807) is 27.7 Å². The third-order valence-corrected chi connectivity index (χ3v) is 7.78. The van der Waals surface area contributed by atoms with Gasteiger partial charge in [-0.3, -0.25) is 14.5 Å². The Morgan fingerprint density at radius 1 is 1.12 bits per heavy atom. The highest BCUT2D eigenvalue weighted by atomic mass is 16.6. The van der Waals surface area contributed by atoms with E-state index in [0.29, 0.717) is 43.5 Å². The van der Waals surface area contributed by atoms with E-state index < -0.39 is 6.09 Å². The first-order valence-electron chi connectivity index (χ1n) is 13.9. The lowest BCUT2D eigenvalue weighted by molar-refractivity contribution is -0.118. The summed E-state index contributed by atoms with van der Waals surface area (Å²) < 4.78 is 18.8. The molecule has 0 unspecified atom stereocenters. The summed E-state index contributed by atoms with van der Waals surface area (Å²) in [7, 11) is 4.00. The predicted octanol–water partition coefficient (Wildman–Crippen LogP) is 2.20. The van der Waals surface area contributed by atoms with Gasteiger partial charge in [-0.25, -0.2) is 9.78 Å². The van der Waals surface area contributed by atoms with Crippen LogP contribution in [0.1, 0.15) is 19.3 Å². The van der Waals surface area contributed by atoms with Crippen LogP contribution in [-0.2, 0) is 16.1 Å². The predicted molar refractivity (Wildman–Crippen MR) is 153 cm³/mol. The van der Waals surface area contributed by atoms with Crippen molar-refractivity contribution in [3.63, 3.8) is 0 Å². The molecule has 41 heavy (non-hydrogen) atoms. The van der Waals surface area contributed by atoms with Crippen molar-refractivity contribution in [1.82, 2.24) is 19.8 Å². The molecule has 0 spiro atoms. The number of anilines is 2. The van der Waals surface area contributed by atoms with Crippen LogP contribution in [0.4, 0.5) is 16.4 Å². The van der Waals surface area contributed by atoms with Gasteiger partial charge in [-0.1, -0.05) is 0 Å². The van der Waals surface area contributed by atoms with E-state index in [1.807, 2.05) is 38.4 Å². The fourth-order valence-corrected chi connectivity index (χ4v) is 5.71. The highest BCUT2D eigenvalue weighted by Gasteiger charge is 2.46. The average molecular weight is 563 g/mol. The van der Waals surface area contributed by atoms with E-state index in [4.69, 9.17) is 14.2 Å². The fourth-order valence-electron chi connectivity index (χ4n) is 5.71. The number of aromatic nitrogens is 2. The molecule has 2 aliphatic heterocycles. The number of pyridine rings is 2. The van der Waals surface area contributed by atoms with E-state index in [2.05, 4.69) is 20.5 Å². The van der Waals surface area contributed by atoms with E-state index in [1.165, 1.54) is 0 Å². The maximum Gasteiger partial charge on any atom is 0.416 e. The molecular weight excluding hydrogens is 528 g/mol. The molecule has 2 amide bonds. The normalized spacial score (nSPS) is 21.7. The van der Waals surface area contributed by atoms with Gasteiger partial charge < -0.3 is 34.3 Å². The number of nitrogens with one attached hydrogen (secondary N) is 2. The van der Waals surface area contributed by atoms with Crippen LogP contribution in [0.5, 0.6) is 11.5 Å². The number of carbonyl (C=O) groups is 2. The summed E-state index contributed by atoms with van der Waals surface area (Å²) in [6.07, 6.45) is 1.51. The van der Waals surface area contributed by atoms with Gasteiger partial charge in [0.05, 0.1) is 11.6 Å². The maximum atomic E-state index is 12.8. The molecule has 1 saturated heterocycles. The quantitative estimate of drug-likeness (QED) is 0.404. The van der Waals surface area contributed by atoms with Crippen LogP contribution in [0.2, 0.25) is 0 Å². The lowest BCUT2D eigenvalue weighted by atomic mass is 9.88. The Morgan fingerprint density at radius 2 is 1.98 bits per heavy atom. The summed E-state index contributed by atoms with van der Waals surface area (Å²) in [5, 5.41) is 7.23. The number of likely N-dealkylation sites (N-methyl/N-ethyl adjacent to an activating group) is 1. The maximum absolute atomic E-state index is 12.8. The second-order valence-electron chi connectivity index (χ2n) is 10.9. The number of hydrogen-bond acceptors (Lipinski definition) is 9. The van der Waals surface area contributed by atoms with Crippen molar-refractivity contribution in [2.75, 3.05) is 50.6 Å². The third kappa shape index (κ3) is 5.70. The van der Waals surface area contributed by atoms with Gasteiger partial charge in [0.2, 0.25) is 0 Å². The number of fused-ring (bicyclic) bond motifs is 3. The molecule has 12 heteroatoms. The molecule has 3 atom stereocenters. The zero-order valence-corrected chi connectivity index (χ0v) is 23.2. The van der Waals surface area contributed by atoms with Gasteiger partial charge in [0.1, 0.15) is 24.3 Å². The second-order valence-corrected chi connectivity index (χ2v) is 10.9. The lowest BCUT2D eigenvalue weighted by Crippen LogP contribution is -2.46. The Morgan fingerprint density at radius 3 is 2.83 bits per heavy atom. The average Bonchev–Trinajstić information content (AvgIpc) is 3.28. The van der Waals surface area contributed by atoms with Crippen LogP contribution >= 0.6 is 0 Å². The standard InChI is InChI=1S/C29H34N6O6/c1-33(2)13-14-39-20-6-3-18-4-10-27(37)34(22(18)16-20)12-11-30-19-5-7-21-24(15-19)41-29(38)35(21)25-9-8-23-28(31-25)32-26(36)17-40-23/h3-4,6,8-10,16,19,21,24,30H,5,7,11-15,17H2,1-2H3,(H,31,32,36)/t19-,21-,24-/m1/s1. The zero-order chi connectivity index (χ0) is 28.5. The molecule has 0 bridgehead atoms. The van der Waals surface area contributed by atoms with Crippen molar-refractivity contribution in [2.24, 2.45) is 0 Å². The van der Waals surface area contributed by atoms with Crippen LogP contribution in [-0.4, -0.2) is 85.0 Å². The zero-order valence-electron chi connectivity index (χ0n) is 23.2. The molecule has 3 aromatic rings. The molecule has 1 aliphatic carbocycles. The van der Waals surface area contributed by atoms with E-state index in [0.717, 1.165) is 36.0 Å². The van der Waals surface area contributed by atoms with Crippen molar-refractivity contribution in [3.8, 4) is 11.5 Å². The fraction of sp³-hybridized carbons (Fsp3) is 0.448. The molecule has 1 saturated carbocycles. The summed E-state index contributed by atoms with van der Waals surface area (Å²) in [4.78, 5) is 45.4. The number of amides is 2. The Labute approximate surface area is 237 Å². The van der Waals surface area contributed by atoms with Crippen LogP contribution in [0.15, 0.2) is 47.3 Å². The molecule has 3 aliphatic rings. The van der Waals surface area contributed by atoms with Gasteiger partial charge in [0, 0.05) is 44.2 Å². The molecule has 2 N–H and O–H groups in total. The first kappa shape index (κ1) is 27.0. The van der Waals surface area contributed by atoms with Crippen LogP contribution in [0, 0.1) is 0 Å². The van der Waals surface area contributed by atoms with Crippen LogP contribution in [0.3, 0.4) is 0 Å². The van der Waals surface area contributed by atoms with Crippen molar-refractivity contribution in [1.29, 1.82) is 0 Å². The minimum atomic E-state index is -0.443. The minimum absolute atomic E-state index is 0.0551. The molecule has 4 heterocycles. The van der Waals surface area contributed by atoms with Gasteiger partial charge >= 0.3 is 6.09 Å². The topological polar surface area (TPSA) is 127 Å². The summed E-state index contributed by atoms with van der Waals surface area (Å²) in [6, 6.07) is 12.7. The smallest absolute Gasteiger partial charge is 0.416 e. The van der Waals surface area contributed by atoms with Gasteiger partial charge in [-0.15, -0.1) is 0 Å². The minimum Gasteiger partial charge on any atom is -0.492 e. The van der Waals surface area contributed by atoms with Gasteiger partial charge in [-0.05, 0) is 62.7 Å². The first-order chi connectivity index (χ1) is 19.9. The Kier molecular flexibility index (Phi) is 7.50. The molecular formula is C29H34N6O6. The monoisotopic (exact) mass is 562 g/mol. The van der Waals surface area contributed by atoms with E-state index >= 15 is 0 Å². The molecule has 2 aromatic heterocycles. The number of nitrogens with zero attached hydrogens (tertiary/aromatic N) is 4. The summed E-state index contributed by atoms with van der Waals surface area (Å²) in [5.74, 6) is 1.67. The van der Waals surface area contributed by atoms with Gasteiger partial charge in [0.25, 0.3) is 11.5 Å². The van der Waals surface area contributed by atoms with Crippen molar-refractivity contribution in [2.45, 2.75) is 44.0 Å². The highest BCUT2D eigenvalue weighted by molar-refractivity contribution is 5.95. The van der Waals surface area contributed by atoms with E-state index in [9.17, 15) is 14.4 Å². The lowest BCUT2D eigenvalue weighted by Gasteiger charge is -2.33. The van der Waals surface area contributed by atoms with Crippen LogP contribution < -0.4 is 30.6 Å². The molecule has 6 rings (SSSR count). The van der Waals surface area contributed by atoms with Gasteiger partial charge in [-0.2, -0.15) is 0 Å². The number of ether oxygens (including phenoxy) is 3. The third-order valence-electron chi connectivity index (χ3n) is 7.78. The molecule has 12 nitrogen and oxygen atoms in total. The highest BCUT2D eigenvalue weighted by Crippen LogP contribution is 2.37. The number of hydrogen-bond donors (Lipinski definition) is 2. The SMILES string of the molecule is CN(C)CCOc1ccc2ccc(=O)n(CCN[C@@H]3CC[C@@H]4[C@@H](C3)OC(=O)N4c3ccc4c(n3)NC(=O)CO4)c2c1. The van der Waals surface area contributed by atoms with Crippen LogP contribution in [0.25, 0.3) is 10.9 Å². The van der Waals surface area contributed by atoms with Gasteiger partial charge in [0.15, 0.2) is 18.2 Å². The Bertz CT molecular complexity index is 1520. The number of rotatable bonds is 9. The van der Waals surface area contributed by atoms with Crippen molar-refractivity contribution >= 4 is 34.5 Å². The number of carbonyl (C=O) groups excluding carboxylic acids is 2. The summed E-state index contributed by atoms with van der Waals surface area (Å²) in [5.41, 5.74) is 0.776. The Balaban J connectivity index is 1.08. The van der Waals surface area contributed by atoms with Crippen molar-refractivity contribution in [3.05, 3.63) is 52.8 Å². The molecule has 2 fully saturated rings. The Hall–Kier alpha value is -4.16. The number of benzene rings is 1. The first-order valence-corrected chi connectivity index (χ1v) is 13.9. The summed E-state index contributed by atoms with van der Waals surface area (Å²) in [6.45, 7) is 2.41. The molecule has 1 aromatic carbocycles. The second kappa shape index (κ2) is 11.4. The van der Waals surface area contributed by atoms with E-state index in [-0.39, 0.29) is 36.3 Å². The molecule has 0 radical (unpaired) electrons.